The van der Waals surface area contributed by atoms with Crippen molar-refractivity contribution in [1.82, 2.24) is 19.3 Å². The number of ether oxygens (including phenoxy) is 1. The van der Waals surface area contributed by atoms with Crippen LogP contribution in [0.4, 0.5) is 0 Å². The van der Waals surface area contributed by atoms with E-state index in [0.717, 1.165) is 34.1 Å². The Morgan fingerprint density at radius 1 is 1.33 bits per heavy atom. The van der Waals surface area contributed by atoms with Crippen molar-refractivity contribution in [2.75, 3.05) is 13.0 Å². The normalized spacial score (nSPS) is 11.2. The van der Waals surface area contributed by atoms with Gasteiger partial charge in [0.1, 0.15) is 17.1 Å². The van der Waals surface area contributed by atoms with Gasteiger partial charge in [-0.05, 0) is 19.1 Å². The van der Waals surface area contributed by atoms with E-state index in [1.54, 1.807) is 7.11 Å². The molecule has 3 aromatic rings. The molecule has 0 bridgehead atoms. The van der Waals surface area contributed by atoms with E-state index in [4.69, 9.17) is 21.3 Å². The van der Waals surface area contributed by atoms with E-state index in [1.165, 1.54) is 0 Å². The molecule has 2 aromatic heterocycles. The van der Waals surface area contributed by atoms with Crippen LogP contribution in [0.15, 0.2) is 24.3 Å². The molecule has 2 heterocycles. The number of hydrogen-bond acceptors (Lipinski definition) is 3. The third kappa shape index (κ3) is 2.27. The van der Waals surface area contributed by atoms with Crippen LogP contribution in [0.1, 0.15) is 11.5 Å². The van der Waals surface area contributed by atoms with Crippen molar-refractivity contribution in [3.63, 3.8) is 0 Å². The van der Waals surface area contributed by atoms with Crippen LogP contribution in [0, 0.1) is 6.92 Å². The highest BCUT2D eigenvalue weighted by atomic mass is 35.5. The number of benzene rings is 1. The summed E-state index contributed by atoms with van der Waals surface area (Å²) in [7, 11) is 3.59. The van der Waals surface area contributed by atoms with Crippen LogP contribution in [-0.4, -0.2) is 32.3 Å². The minimum Gasteiger partial charge on any atom is -0.497 e. The second-order valence-electron chi connectivity index (χ2n) is 4.89. The highest BCUT2D eigenvalue weighted by Gasteiger charge is 2.18. The average molecular weight is 305 g/mol. The lowest BCUT2D eigenvalue weighted by Crippen LogP contribution is -2.06. The van der Waals surface area contributed by atoms with Gasteiger partial charge in [-0.15, -0.1) is 11.6 Å². The third-order valence-electron chi connectivity index (χ3n) is 3.50. The summed E-state index contributed by atoms with van der Waals surface area (Å²) in [5.41, 5.74) is 3.81. The van der Waals surface area contributed by atoms with Gasteiger partial charge in [-0.2, -0.15) is 5.10 Å². The van der Waals surface area contributed by atoms with Crippen molar-refractivity contribution in [2.24, 2.45) is 7.05 Å². The van der Waals surface area contributed by atoms with Crippen molar-refractivity contribution in [2.45, 2.75) is 13.3 Å². The molecule has 0 N–H and O–H groups in total. The maximum atomic E-state index is 5.93. The molecule has 1 aromatic carbocycles. The van der Waals surface area contributed by atoms with Gasteiger partial charge in [0.05, 0.1) is 18.5 Å². The van der Waals surface area contributed by atoms with Crippen LogP contribution >= 0.6 is 11.6 Å². The van der Waals surface area contributed by atoms with Gasteiger partial charge >= 0.3 is 0 Å². The molecule has 0 spiro atoms. The lowest BCUT2D eigenvalue weighted by Gasteiger charge is -2.10. The summed E-state index contributed by atoms with van der Waals surface area (Å²) in [6.07, 6.45) is 0.701. The summed E-state index contributed by atoms with van der Waals surface area (Å²) < 4.78 is 9.27. The summed E-state index contributed by atoms with van der Waals surface area (Å²) in [6, 6.07) is 7.91. The molecule has 0 aliphatic heterocycles. The molecule has 0 aliphatic carbocycles. The standard InChI is InChI=1S/C15H17ClN4O/c1-10-14-15(19(2)18-10)20(13(17-14)7-8-16)11-5-4-6-12(9-11)21-3/h4-6,9H,7-8H2,1-3H3. The number of imidazole rings is 1. The van der Waals surface area contributed by atoms with E-state index in [2.05, 4.69) is 9.67 Å². The summed E-state index contributed by atoms with van der Waals surface area (Å²) >= 11 is 5.93. The molecule has 0 atom stereocenters. The zero-order valence-corrected chi connectivity index (χ0v) is 13.1. The van der Waals surface area contributed by atoms with E-state index in [-0.39, 0.29) is 0 Å². The Morgan fingerprint density at radius 2 is 2.14 bits per heavy atom. The molecule has 3 rings (SSSR count). The molecular weight excluding hydrogens is 288 g/mol. The number of methoxy groups -OCH3 is 1. The number of halogens is 1. The van der Waals surface area contributed by atoms with E-state index < -0.39 is 0 Å². The first-order valence-electron chi connectivity index (χ1n) is 6.77. The van der Waals surface area contributed by atoms with Crippen molar-refractivity contribution in [3.05, 3.63) is 35.8 Å². The van der Waals surface area contributed by atoms with Gasteiger partial charge in [0.25, 0.3) is 0 Å². The van der Waals surface area contributed by atoms with Gasteiger partial charge in [-0.3, -0.25) is 4.57 Å². The minimum absolute atomic E-state index is 0.528. The van der Waals surface area contributed by atoms with E-state index >= 15 is 0 Å². The topological polar surface area (TPSA) is 44.9 Å². The SMILES string of the molecule is COc1cccc(-n2c(CCCl)nc3c(C)nn(C)c32)c1. The Labute approximate surface area is 128 Å². The van der Waals surface area contributed by atoms with Crippen LogP contribution in [0.3, 0.4) is 0 Å². The molecule has 0 unspecified atom stereocenters. The zero-order valence-electron chi connectivity index (χ0n) is 12.3. The van der Waals surface area contributed by atoms with Gasteiger partial charge in [-0.25, -0.2) is 9.67 Å². The highest BCUT2D eigenvalue weighted by Crippen LogP contribution is 2.26. The summed E-state index contributed by atoms with van der Waals surface area (Å²) in [4.78, 5) is 4.71. The van der Waals surface area contributed by atoms with Crippen molar-refractivity contribution in [3.8, 4) is 11.4 Å². The Balaban J connectivity index is 2.29. The number of rotatable bonds is 4. The fourth-order valence-corrected chi connectivity index (χ4v) is 2.76. The van der Waals surface area contributed by atoms with Crippen LogP contribution in [0.5, 0.6) is 5.75 Å². The molecule has 0 saturated carbocycles. The molecule has 5 nitrogen and oxygen atoms in total. The monoisotopic (exact) mass is 304 g/mol. The Kier molecular flexibility index (Phi) is 3.59. The first kappa shape index (κ1) is 13.9. The van der Waals surface area contributed by atoms with E-state index in [0.29, 0.717) is 12.3 Å². The molecular formula is C15H17ClN4O. The number of aromatic nitrogens is 4. The van der Waals surface area contributed by atoms with Crippen LogP contribution in [0.25, 0.3) is 16.9 Å². The fourth-order valence-electron chi connectivity index (χ4n) is 2.59. The second-order valence-corrected chi connectivity index (χ2v) is 5.26. The van der Waals surface area contributed by atoms with Crippen molar-refractivity contribution < 1.29 is 4.74 Å². The number of fused-ring (bicyclic) bond motifs is 1. The molecule has 0 fully saturated rings. The van der Waals surface area contributed by atoms with E-state index in [1.807, 2.05) is 42.9 Å². The Morgan fingerprint density at radius 3 is 2.86 bits per heavy atom. The summed E-state index contributed by atoms with van der Waals surface area (Å²) in [6.45, 7) is 1.97. The molecule has 0 amide bonds. The van der Waals surface area contributed by atoms with Crippen LogP contribution in [-0.2, 0) is 13.5 Å². The zero-order chi connectivity index (χ0) is 15.0. The predicted molar refractivity (Wildman–Crippen MR) is 83.5 cm³/mol. The molecule has 6 heteroatoms. The molecule has 0 radical (unpaired) electrons. The van der Waals surface area contributed by atoms with Crippen molar-refractivity contribution in [1.29, 1.82) is 0 Å². The van der Waals surface area contributed by atoms with Crippen molar-refractivity contribution >= 4 is 22.8 Å². The minimum atomic E-state index is 0.528. The lowest BCUT2D eigenvalue weighted by molar-refractivity contribution is 0.414. The van der Waals surface area contributed by atoms with Crippen LogP contribution in [0.2, 0.25) is 0 Å². The number of nitrogens with zero attached hydrogens (tertiary/aromatic N) is 4. The van der Waals surface area contributed by atoms with Gasteiger partial charge in [0, 0.05) is 25.4 Å². The Bertz CT molecular complexity index is 790. The molecule has 21 heavy (non-hydrogen) atoms. The quantitative estimate of drug-likeness (QED) is 0.696. The first-order chi connectivity index (χ1) is 10.2. The highest BCUT2D eigenvalue weighted by molar-refractivity contribution is 6.17. The van der Waals surface area contributed by atoms with Gasteiger partial charge in [0.2, 0.25) is 0 Å². The number of hydrogen-bond donors (Lipinski definition) is 0. The second kappa shape index (κ2) is 5.41. The maximum absolute atomic E-state index is 5.93. The van der Waals surface area contributed by atoms with Gasteiger partial charge in [-0.1, -0.05) is 6.07 Å². The molecule has 110 valence electrons. The number of aryl methyl sites for hydroxylation is 3. The van der Waals surface area contributed by atoms with Crippen LogP contribution < -0.4 is 4.74 Å². The third-order valence-corrected chi connectivity index (χ3v) is 3.69. The molecule has 0 aliphatic rings. The Hall–Kier alpha value is -2.01. The summed E-state index contributed by atoms with van der Waals surface area (Å²) in [5.74, 6) is 2.27. The largest absolute Gasteiger partial charge is 0.497 e. The van der Waals surface area contributed by atoms with E-state index in [9.17, 15) is 0 Å². The smallest absolute Gasteiger partial charge is 0.163 e. The maximum Gasteiger partial charge on any atom is 0.163 e. The first-order valence-corrected chi connectivity index (χ1v) is 7.30. The lowest BCUT2D eigenvalue weighted by atomic mass is 10.3. The molecule has 0 saturated heterocycles. The van der Waals surface area contributed by atoms with Gasteiger partial charge in [0.15, 0.2) is 5.65 Å². The number of alkyl halides is 1. The summed E-state index contributed by atoms with van der Waals surface area (Å²) in [5, 5.41) is 4.45. The average Bonchev–Trinajstić information content (AvgIpc) is 2.98. The fraction of sp³-hybridized carbons (Fsp3) is 0.333. The predicted octanol–water partition coefficient (Wildman–Crippen LogP) is 2.86. The van der Waals surface area contributed by atoms with Gasteiger partial charge < -0.3 is 4.74 Å².